The molecule has 0 aliphatic carbocycles. The molecule has 3 aliphatic heterocycles. The van der Waals surface area contributed by atoms with E-state index in [-0.39, 0.29) is 12.5 Å². The molecule has 0 saturated heterocycles. The number of hydrogen-bond acceptors (Lipinski definition) is 7. The second kappa shape index (κ2) is 7.33. The number of carbonyl (C=O) groups is 1. The zero-order valence-electron chi connectivity index (χ0n) is 19.0. The van der Waals surface area contributed by atoms with E-state index in [0.717, 1.165) is 27.9 Å². The topological polar surface area (TPSA) is 86.9 Å². The van der Waals surface area contributed by atoms with Crippen molar-refractivity contribution in [2.45, 2.75) is 18.9 Å². The number of benzene rings is 3. The van der Waals surface area contributed by atoms with E-state index >= 15 is 0 Å². The molecule has 1 atom stereocenters. The molecule has 0 radical (unpaired) electrons. The van der Waals surface area contributed by atoms with Crippen LogP contribution in [-0.2, 0) is 16.8 Å². The van der Waals surface area contributed by atoms with Crippen molar-refractivity contribution in [3.63, 3.8) is 0 Å². The number of aryl methyl sites for hydroxylation is 1. The van der Waals surface area contributed by atoms with Crippen LogP contribution < -0.4 is 19.1 Å². The lowest BCUT2D eigenvalue weighted by Gasteiger charge is -2.24. The van der Waals surface area contributed by atoms with Gasteiger partial charge in [-0.2, -0.15) is 4.98 Å². The number of carbonyl (C=O) groups excluding carboxylic acids is 1. The summed E-state index contributed by atoms with van der Waals surface area (Å²) in [4.78, 5) is 20.3. The first-order valence-electron chi connectivity index (χ1n) is 11.5. The summed E-state index contributed by atoms with van der Waals surface area (Å²) < 4.78 is 22.9. The second-order valence-electron chi connectivity index (χ2n) is 8.94. The van der Waals surface area contributed by atoms with E-state index in [1.54, 1.807) is 6.92 Å². The van der Waals surface area contributed by atoms with Gasteiger partial charge in [-0.3, -0.25) is 4.79 Å². The number of aromatic nitrogens is 2. The highest BCUT2D eigenvalue weighted by Crippen LogP contribution is 2.55. The summed E-state index contributed by atoms with van der Waals surface area (Å²) in [5.41, 5.74) is 3.57. The zero-order chi connectivity index (χ0) is 23.6. The average Bonchev–Trinajstić information content (AvgIpc) is 3.56. The van der Waals surface area contributed by atoms with E-state index in [2.05, 4.69) is 10.1 Å². The van der Waals surface area contributed by atoms with Crippen LogP contribution in [-0.4, -0.2) is 35.9 Å². The van der Waals surface area contributed by atoms with Gasteiger partial charge in [0.2, 0.25) is 5.91 Å². The van der Waals surface area contributed by atoms with Crippen LogP contribution in [0.3, 0.4) is 0 Å². The van der Waals surface area contributed by atoms with Gasteiger partial charge in [-0.05, 0) is 42.3 Å². The quantitative estimate of drug-likeness (QED) is 0.449. The number of para-hydroxylation sites is 1. The van der Waals surface area contributed by atoms with Crippen LogP contribution >= 0.6 is 0 Å². The molecule has 7 rings (SSSR count). The Hall–Kier alpha value is -4.33. The molecule has 8 nitrogen and oxygen atoms in total. The monoisotopic (exact) mass is 467 g/mol. The van der Waals surface area contributed by atoms with Crippen molar-refractivity contribution in [2.75, 3.05) is 24.7 Å². The average molecular weight is 467 g/mol. The minimum atomic E-state index is -0.914. The van der Waals surface area contributed by atoms with Gasteiger partial charge in [-0.25, -0.2) is 0 Å². The van der Waals surface area contributed by atoms with Crippen molar-refractivity contribution >= 4 is 11.6 Å². The van der Waals surface area contributed by atoms with E-state index in [9.17, 15) is 4.79 Å². The summed E-state index contributed by atoms with van der Waals surface area (Å²) in [7, 11) is 0. The summed E-state index contributed by atoms with van der Waals surface area (Å²) in [6, 6.07) is 19.5. The van der Waals surface area contributed by atoms with E-state index < -0.39 is 5.41 Å². The number of rotatable bonds is 3. The van der Waals surface area contributed by atoms with E-state index in [0.29, 0.717) is 48.7 Å². The minimum Gasteiger partial charge on any atom is -0.491 e. The van der Waals surface area contributed by atoms with Gasteiger partial charge in [0.1, 0.15) is 31.0 Å². The lowest BCUT2D eigenvalue weighted by atomic mass is 9.77. The molecule has 0 bridgehead atoms. The van der Waals surface area contributed by atoms with Gasteiger partial charge in [0.25, 0.3) is 5.89 Å². The van der Waals surface area contributed by atoms with E-state index in [4.69, 9.17) is 18.7 Å². The predicted molar refractivity (Wildman–Crippen MR) is 126 cm³/mol. The van der Waals surface area contributed by atoms with Gasteiger partial charge in [0.15, 0.2) is 17.3 Å². The van der Waals surface area contributed by atoms with Crippen LogP contribution in [0.15, 0.2) is 65.2 Å². The minimum absolute atomic E-state index is 0.00858. The highest BCUT2D eigenvalue weighted by Gasteiger charge is 2.57. The molecule has 1 unspecified atom stereocenters. The Morgan fingerprint density at radius 2 is 1.69 bits per heavy atom. The maximum atomic E-state index is 14.2. The van der Waals surface area contributed by atoms with Crippen LogP contribution in [0.2, 0.25) is 0 Å². The largest absolute Gasteiger partial charge is 0.491 e. The van der Waals surface area contributed by atoms with E-state index in [1.807, 2.05) is 65.6 Å². The summed E-state index contributed by atoms with van der Waals surface area (Å²) in [6.07, 6.45) is 0. The van der Waals surface area contributed by atoms with Crippen molar-refractivity contribution in [2.24, 2.45) is 0 Å². The maximum Gasteiger partial charge on any atom is 0.257 e. The van der Waals surface area contributed by atoms with Gasteiger partial charge in [-0.1, -0.05) is 35.5 Å². The third-order valence-electron chi connectivity index (χ3n) is 6.88. The van der Waals surface area contributed by atoms with Crippen LogP contribution in [0, 0.1) is 6.92 Å². The highest BCUT2D eigenvalue weighted by molar-refractivity contribution is 6.11. The zero-order valence-corrected chi connectivity index (χ0v) is 19.0. The SMILES string of the molecule is Cc1noc(-c2ccc(CN3C(=O)C4(COc5cc6c(cc54)OCCO6)c4ccccc43)cc2)n1. The Labute approximate surface area is 201 Å². The summed E-state index contributed by atoms with van der Waals surface area (Å²) in [5.74, 6) is 3.02. The molecular weight excluding hydrogens is 446 g/mol. The van der Waals surface area contributed by atoms with Gasteiger partial charge >= 0.3 is 0 Å². The summed E-state index contributed by atoms with van der Waals surface area (Å²) in [5, 5.41) is 3.85. The summed E-state index contributed by atoms with van der Waals surface area (Å²) >= 11 is 0. The molecule has 4 aromatic rings. The lowest BCUT2D eigenvalue weighted by molar-refractivity contribution is -0.122. The van der Waals surface area contributed by atoms with Crippen LogP contribution in [0.1, 0.15) is 22.5 Å². The molecular formula is C27H21N3O5. The molecule has 1 spiro atoms. The number of ether oxygens (including phenoxy) is 3. The number of anilines is 1. The Balaban J connectivity index is 1.26. The molecule has 1 amide bonds. The Morgan fingerprint density at radius 3 is 2.46 bits per heavy atom. The molecule has 174 valence electrons. The number of amides is 1. The maximum absolute atomic E-state index is 14.2. The van der Waals surface area contributed by atoms with Gasteiger partial charge in [0, 0.05) is 22.9 Å². The third kappa shape index (κ3) is 2.89. The molecule has 3 aromatic carbocycles. The third-order valence-corrected chi connectivity index (χ3v) is 6.88. The smallest absolute Gasteiger partial charge is 0.257 e. The fourth-order valence-corrected chi connectivity index (χ4v) is 5.22. The first-order valence-corrected chi connectivity index (χ1v) is 11.5. The first kappa shape index (κ1) is 20.1. The molecule has 0 N–H and O–H groups in total. The fraction of sp³-hybridized carbons (Fsp3) is 0.222. The first-order chi connectivity index (χ1) is 17.1. The molecule has 1 aromatic heterocycles. The Kier molecular flexibility index (Phi) is 4.21. The fourth-order valence-electron chi connectivity index (χ4n) is 5.22. The molecule has 4 heterocycles. The summed E-state index contributed by atoms with van der Waals surface area (Å²) in [6.45, 7) is 3.44. The normalized spacial score (nSPS) is 19.6. The molecule has 3 aliphatic rings. The Morgan fingerprint density at radius 1 is 0.914 bits per heavy atom. The van der Waals surface area contributed by atoms with E-state index in [1.165, 1.54) is 0 Å². The number of nitrogens with zero attached hydrogens (tertiary/aromatic N) is 3. The molecule has 0 fully saturated rings. The lowest BCUT2D eigenvalue weighted by Crippen LogP contribution is -2.42. The van der Waals surface area contributed by atoms with Crippen molar-refractivity contribution < 1.29 is 23.5 Å². The van der Waals surface area contributed by atoms with Gasteiger partial charge in [0.05, 0.1) is 6.54 Å². The molecule has 0 saturated carbocycles. The Bertz CT molecular complexity index is 1480. The number of hydrogen-bond donors (Lipinski definition) is 0. The van der Waals surface area contributed by atoms with Crippen molar-refractivity contribution in [1.29, 1.82) is 0 Å². The van der Waals surface area contributed by atoms with Crippen LogP contribution in [0.4, 0.5) is 5.69 Å². The predicted octanol–water partition coefficient (Wildman–Crippen LogP) is 4.04. The van der Waals surface area contributed by atoms with Gasteiger partial charge in [-0.15, -0.1) is 0 Å². The second-order valence-corrected chi connectivity index (χ2v) is 8.94. The molecule has 35 heavy (non-hydrogen) atoms. The number of fused-ring (bicyclic) bond motifs is 5. The van der Waals surface area contributed by atoms with Crippen molar-refractivity contribution in [3.05, 3.63) is 83.2 Å². The van der Waals surface area contributed by atoms with Crippen LogP contribution in [0.25, 0.3) is 11.5 Å². The van der Waals surface area contributed by atoms with Crippen LogP contribution in [0.5, 0.6) is 17.2 Å². The van der Waals surface area contributed by atoms with Gasteiger partial charge < -0.3 is 23.6 Å². The standard InChI is InChI=1S/C27H21N3O5/c1-16-28-25(35-29-16)18-8-6-17(7-9-18)14-30-21-5-3-2-4-19(21)27(26(30)31)15-34-22-13-24-23(12-20(22)27)32-10-11-33-24/h2-9,12-13H,10-11,14-15H2,1H3. The van der Waals surface area contributed by atoms with Crippen molar-refractivity contribution in [3.8, 4) is 28.7 Å². The van der Waals surface area contributed by atoms with Crippen molar-refractivity contribution in [1.82, 2.24) is 10.1 Å². The molecule has 8 heteroatoms. The highest BCUT2D eigenvalue weighted by atomic mass is 16.6.